The van der Waals surface area contributed by atoms with E-state index in [1.54, 1.807) is 0 Å². The number of amides is 2. The zero-order valence-electron chi connectivity index (χ0n) is 17.0. The van der Waals surface area contributed by atoms with Crippen molar-refractivity contribution in [3.05, 3.63) is 36.0 Å². The van der Waals surface area contributed by atoms with Crippen molar-refractivity contribution in [3.63, 3.8) is 0 Å². The van der Waals surface area contributed by atoms with Gasteiger partial charge in [-0.05, 0) is 57.3 Å². The summed E-state index contributed by atoms with van der Waals surface area (Å²) in [6.45, 7) is 6.97. The highest BCUT2D eigenvalue weighted by atomic mass is 16.2. The van der Waals surface area contributed by atoms with Gasteiger partial charge in [0.25, 0.3) is 0 Å². The van der Waals surface area contributed by atoms with E-state index in [-0.39, 0.29) is 23.8 Å². The summed E-state index contributed by atoms with van der Waals surface area (Å²) in [6, 6.07) is 8.05. The van der Waals surface area contributed by atoms with E-state index >= 15 is 0 Å². The number of carbonyl (C=O) groups is 2. The lowest BCUT2D eigenvalue weighted by Gasteiger charge is -2.34. The third-order valence-corrected chi connectivity index (χ3v) is 5.75. The molecule has 1 atom stereocenters. The van der Waals surface area contributed by atoms with Crippen LogP contribution in [-0.4, -0.2) is 53.9 Å². The van der Waals surface area contributed by atoms with E-state index in [2.05, 4.69) is 39.6 Å². The molecule has 152 valence electrons. The Morgan fingerprint density at radius 1 is 1.18 bits per heavy atom. The second-order valence-corrected chi connectivity index (χ2v) is 7.68. The average Bonchev–Trinajstić information content (AvgIpc) is 3.14. The largest absolute Gasteiger partial charge is 0.361 e. The van der Waals surface area contributed by atoms with E-state index < -0.39 is 0 Å². The van der Waals surface area contributed by atoms with Gasteiger partial charge in [0.1, 0.15) is 0 Å². The number of nitrogens with one attached hydrogen (secondary N) is 3. The van der Waals surface area contributed by atoms with Crippen LogP contribution in [0.25, 0.3) is 10.9 Å². The third kappa shape index (κ3) is 4.93. The highest BCUT2D eigenvalue weighted by Crippen LogP contribution is 2.20. The van der Waals surface area contributed by atoms with Gasteiger partial charge in [0.15, 0.2) is 0 Å². The Balaban J connectivity index is 1.42. The number of aromatic nitrogens is 1. The topological polar surface area (TPSA) is 77.2 Å². The molecule has 3 rings (SSSR count). The second-order valence-electron chi connectivity index (χ2n) is 7.68. The minimum absolute atomic E-state index is 0.0636. The normalized spacial score (nSPS) is 16.8. The van der Waals surface area contributed by atoms with Crippen LogP contribution in [0, 0.1) is 5.92 Å². The van der Waals surface area contributed by atoms with Crippen LogP contribution in [0.15, 0.2) is 30.5 Å². The lowest BCUT2D eigenvalue weighted by Crippen LogP contribution is -2.50. The molecule has 1 unspecified atom stereocenters. The van der Waals surface area contributed by atoms with E-state index in [9.17, 15) is 9.59 Å². The molecule has 1 aromatic heterocycles. The number of likely N-dealkylation sites (tertiary alicyclic amines) is 1. The minimum Gasteiger partial charge on any atom is -0.361 e. The molecule has 1 fully saturated rings. The molecule has 2 amide bonds. The third-order valence-electron chi connectivity index (χ3n) is 5.75. The Hall–Kier alpha value is -2.34. The summed E-state index contributed by atoms with van der Waals surface area (Å²) in [7, 11) is 0. The molecular formula is C22H32N4O2. The number of piperidine rings is 1. The maximum absolute atomic E-state index is 12.6. The molecule has 0 saturated carbocycles. The summed E-state index contributed by atoms with van der Waals surface area (Å²) in [6.07, 6.45) is 5.43. The van der Waals surface area contributed by atoms with Crippen molar-refractivity contribution in [2.75, 3.05) is 26.2 Å². The number of hydrogen-bond donors (Lipinski definition) is 3. The standard InChI is InChI=1S/C22H32N4O2/c1-3-11-23-22(28)17-9-13-26(14-10-17)16(2)21(27)24-12-8-18-15-25-20-7-5-4-6-19(18)20/h4-7,15-17,25H,3,8-14H2,1-2H3,(H,23,28)(H,24,27). The Morgan fingerprint density at radius 2 is 1.93 bits per heavy atom. The number of hydrogen-bond acceptors (Lipinski definition) is 3. The molecule has 6 nitrogen and oxygen atoms in total. The van der Waals surface area contributed by atoms with E-state index in [0.717, 1.165) is 50.8 Å². The average molecular weight is 385 g/mol. The van der Waals surface area contributed by atoms with Crippen molar-refractivity contribution in [1.82, 2.24) is 20.5 Å². The lowest BCUT2D eigenvalue weighted by molar-refractivity contribution is -0.128. The van der Waals surface area contributed by atoms with E-state index in [1.807, 2.05) is 25.3 Å². The maximum Gasteiger partial charge on any atom is 0.237 e. The summed E-state index contributed by atoms with van der Waals surface area (Å²) in [5, 5.41) is 7.27. The SMILES string of the molecule is CCCNC(=O)C1CCN(C(C)C(=O)NCCc2c[nH]c3ccccc23)CC1. The Labute approximate surface area is 167 Å². The molecule has 1 aliphatic rings. The molecule has 6 heteroatoms. The fraction of sp³-hybridized carbons (Fsp3) is 0.545. The summed E-state index contributed by atoms with van der Waals surface area (Å²) < 4.78 is 0. The van der Waals surface area contributed by atoms with Crippen molar-refractivity contribution < 1.29 is 9.59 Å². The van der Waals surface area contributed by atoms with Crippen LogP contribution >= 0.6 is 0 Å². The number of fused-ring (bicyclic) bond motifs is 1. The molecular weight excluding hydrogens is 352 g/mol. The van der Waals surface area contributed by atoms with Crippen molar-refractivity contribution in [3.8, 4) is 0 Å². The number of H-pyrrole nitrogens is 1. The van der Waals surface area contributed by atoms with Gasteiger partial charge in [-0.25, -0.2) is 0 Å². The molecule has 1 saturated heterocycles. The molecule has 1 aliphatic heterocycles. The second kappa shape index (κ2) is 9.73. The highest BCUT2D eigenvalue weighted by molar-refractivity contribution is 5.84. The molecule has 0 aliphatic carbocycles. The Kier molecular flexibility index (Phi) is 7.09. The molecule has 3 N–H and O–H groups in total. The van der Waals surface area contributed by atoms with Gasteiger partial charge < -0.3 is 15.6 Å². The number of aromatic amines is 1. The van der Waals surface area contributed by atoms with Gasteiger partial charge in [0.2, 0.25) is 11.8 Å². The summed E-state index contributed by atoms with van der Waals surface area (Å²) in [5.41, 5.74) is 2.35. The van der Waals surface area contributed by atoms with Crippen LogP contribution in [0.2, 0.25) is 0 Å². The quantitative estimate of drug-likeness (QED) is 0.654. The van der Waals surface area contributed by atoms with Crippen molar-refractivity contribution >= 4 is 22.7 Å². The lowest BCUT2D eigenvalue weighted by atomic mass is 9.95. The van der Waals surface area contributed by atoms with Crippen LogP contribution in [0.4, 0.5) is 0 Å². The summed E-state index contributed by atoms with van der Waals surface area (Å²) >= 11 is 0. The zero-order chi connectivity index (χ0) is 19.9. The first kappa shape index (κ1) is 20.4. The molecule has 2 heterocycles. The first-order valence-corrected chi connectivity index (χ1v) is 10.4. The summed E-state index contributed by atoms with van der Waals surface area (Å²) in [5.74, 6) is 0.311. The Morgan fingerprint density at radius 3 is 2.68 bits per heavy atom. The number of para-hydroxylation sites is 1. The van der Waals surface area contributed by atoms with Gasteiger partial charge in [-0.15, -0.1) is 0 Å². The summed E-state index contributed by atoms with van der Waals surface area (Å²) in [4.78, 5) is 30.1. The van der Waals surface area contributed by atoms with E-state index in [4.69, 9.17) is 0 Å². The predicted octanol–water partition coefficient (Wildman–Crippen LogP) is 2.45. The number of rotatable bonds is 8. The van der Waals surface area contributed by atoms with Gasteiger partial charge in [0, 0.05) is 36.1 Å². The smallest absolute Gasteiger partial charge is 0.237 e. The van der Waals surface area contributed by atoms with Gasteiger partial charge in [-0.1, -0.05) is 25.1 Å². The number of nitrogens with zero attached hydrogens (tertiary/aromatic N) is 1. The molecule has 1 aromatic carbocycles. The monoisotopic (exact) mass is 384 g/mol. The minimum atomic E-state index is -0.164. The fourth-order valence-corrected chi connectivity index (χ4v) is 3.91. The van der Waals surface area contributed by atoms with Gasteiger partial charge in [0.05, 0.1) is 6.04 Å². The van der Waals surface area contributed by atoms with Gasteiger partial charge >= 0.3 is 0 Å². The first-order chi connectivity index (χ1) is 13.6. The molecule has 0 spiro atoms. The maximum atomic E-state index is 12.6. The van der Waals surface area contributed by atoms with Crippen molar-refractivity contribution in [1.29, 1.82) is 0 Å². The first-order valence-electron chi connectivity index (χ1n) is 10.4. The number of benzene rings is 1. The highest BCUT2D eigenvalue weighted by Gasteiger charge is 2.29. The van der Waals surface area contributed by atoms with E-state index in [1.165, 1.54) is 10.9 Å². The van der Waals surface area contributed by atoms with Crippen LogP contribution in [-0.2, 0) is 16.0 Å². The van der Waals surface area contributed by atoms with Crippen molar-refractivity contribution in [2.24, 2.45) is 5.92 Å². The number of carbonyl (C=O) groups excluding carboxylic acids is 2. The van der Waals surface area contributed by atoms with Crippen molar-refractivity contribution in [2.45, 2.75) is 45.6 Å². The zero-order valence-corrected chi connectivity index (χ0v) is 17.0. The molecule has 2 aromatic rings. The van der Waals surface area contributed by atoms with Crippen LogP contribution in [0.3, 0.4) is 0 Å². The molecule has 0 radical (unpaired) electrons. The van der Waals surface area contributed by atoms with Crippen LogP contribution in [0.1, 0.15) is 38.7 Å². The predicted molar refractivity (Wildman–Crippen MR) is 112 cm³/mol. The Bertz CT molecular complexity index is 793. The van der Waals surface area contributed by atoms with Crippen LogP contribution in [0.5, 0.6) is 0 Å². The molecule has 28 heavy (non-hydrogen) atoms. The fourth-order valence-electron chi connectivity index (χ4n) is 3.91. The van der Waals surface area contributed by atoms with Gasteiger partial charge in [-0.2, -0.15) is 0 Å². The molecule has 0 bridgehead atoms. The van der Waals surface area contributed by atoms with Gasteiger partial charge in [-0.3, -0.25) is 14.5 Å². The van der Waals surface area contributed by atoms with Crippen LogP contribution < -0.4 is 10.6 Å². The van der Waals surface area contributed by atoms with E-state index in [0.29, 0.717) is 6.54 Å².